The van der Waals surface area contributed by atoms with Gasteiger partial charge in [-0.15, -0.1) is 6.58 Å². The van der Waals surface area contributed by atoms with Gasteiger partial charge in [0.25, 0.3) is 5.91 Å². The van der Waals surface area contributed by atoms with Crippen LogP contribution >= 0.6 is 11.6 Å². The average Bonchev–Trinajstić information content (AvgIpc) is 2.92. The number of hydrogen-bond acceptors (Lipinski definition) is 5. The number of amides is 3. The van der Waals surface area contributed by atoms with E-state index in [-0.39, 0.29) is 18.7 Å². The van der Waals surface area contributed by atoms with Crippen molar-refractivity contribution in [3.63, 3.8) is 0 Å². The topological polar surface area (TPSA) is 108 Å². The minimum absolute atomic E-state index is 0.00737. The standard InChI is InChI=1S/C34H40ClN3O5/c1-8-18-38(32(41)28(36-33(42)43-34(5,6)7)20-24-13-16-26(39)17-14-24)30(25-15-12-21(2)23(4)19-25)31(40)37-29-22(3)10-9-11-27(29)35/h8-17,19,28,30,39H,1,18,20H2,2-7H3,(H,36,42)(H,37,40). The second-order valence-electron chi connectivity index (χ2n) is 11.5. The van der Waals surface area contributed by atoms with Crippen LogP contribution in [0.3, 0.4) is 0 Å². The largest absolute Gasteiger partial charge is 0.508 e. The van der Waals surface area contributed by atoms with Gasteiger partial charge in [0.2, 0.25) is 5.91 Å². The molecule has 0 saturated carbocycles. The summed E-state index contributed by atoms with van der Waals surface area (Å²) in [4.78, 5) is 42.8. The van der Waals surface area contributed by atoms with E-state index in [0.29, 0.717) is 21.8 Å². The lowest BCUT2D eigenvalue weighted by Gasteiger charge is -2.34. The number of anilines is 1. The molecule has 0 fully saturated rings. The highest BCUT2D eigenvalue weighted by Crippen LogP contribution is 2.30. The fourth-order valence-electron chi connectivity index (χ4n) is 4.57. The van der Waals surface area contributed by atoms with Crippen LogP contribution in [0.2, 0.25) is 5.02 Å². The molecule has 43 heavy (non-hydrogen) atoms. The van der Waals surface area contributed by atoms with Crippen LogP contribution in [0.1, 0.15) is 54.6 Å². The van der Waals surface area contributed by atoms with Gasteiger partial charge in [-0.25, -0.2) is 4.79 Å². The van der Waals surface area contributed by atoms with E-state index in [9.17, 15) is 19.5 Å². The number of hydrogen-bond donors (Lipinski definition) is 3. The second-order valence-corrected chi connectivity index (χ2v) is 11.9. The number of carbonyl (C=O) groups excluding carboxylic acids is 3. The predicted octanol–water partition coefficient (Wildman–Crippen LogP) is 6.80. The van der Waals surface area contributed by atoms with Crippen LogP contribution in [0.4, 0.5) is 10.5 Å². The first-order valence-electron chi connectivity index (χ1n) is 14.0. The maximum Gasteiger partial charge on any atom is 0.408 e. The molecule has 0 aliphatic heterocycles. The molecule has 0 spiro atoms. The van der Waals surface area contributed by atoms with Crippen molar-refractivity contribution in [1.29, 1.82) is 0 Å². The van der Waals surface area contributed by atoms with Crippen molar-refractivity contribution in [2.24, 2.45) is 0 Å². The number of nitrogens with zero attached hydrogens (tertiary/aromatic N) is 1. The molecule has 3 rings (SSSR count). The number of aromatic hydroxyl groups is 1. The van der Waals surface area contributed by atoms with Gasteiger partial charge in [0.1, 0.15) is 23.4 Å². The molecule has 0 heterocycles. The van der Waals surface area contributed by atoms with Crippen LogP contribution in [0.5, 0.6) is 5.75 Å². The molecule has 2 unspecified atom stereocenters. The summed E-state index contributed by atoms with van der Waals surface area (Å²) < 4.78 is 5.47. The van der Waals surface area contributed by atoms with E-state index in [1.54, 1.807) is 45.0 Å². The Kier molecular flexibility index (Phi) is 11.0. The Hall–Kier alpha value is -4.30. The summed E-state index contributed by atoms with van der Waals surface area (Å²) in [5, 5.41) is 15.8. The van der Waals surface area contributed by atoms with E-state index in [1.807, 2.05) is 45.0 Å². The highest BCUT2D eigenvalue weighted by Gasteiger charge is 2.36. The molecule has 3 N–H and O–H groups in total. The van der Waals surface area contributed by atoms with Crippen molar-refractivity contribution < 1.29 is 24.2 Å². The monoisotopic (exact) mass is 605 g/mol. The number of aryl methyl sites for hydroxylation is 3. The zero-order valence-electron chi connectivity index (χ0n) is 25.5. The molecule has 0 aliphatic carbocycles. The smallest absolute Gasteiger partial charge is 0.408 e. The Labute approximate surface area is 258 Å². The van der Waals surface area contributed by atoms with E-state index in [1.165, 1.54) is 23.1 Å². The highest BCUT2D eigenvalue weighted by molar-refractivity contribution is 6.34. The number of nitrogens with one attached hydrogen (secondary N) is 2. The van der Waals surface area contributed by atoms with Gasteiger partial charge in [0, 0.05) is 13.0 Å². The molecule has 3 amide bonds. The summed E-state index contributed by atoms with van der Waals surface area (Å²) in [7, 11) is 0. The summed E-state index contributed by atoms with van der Waals surface area (Å²) in [6.45, 7) is 14.8. The van der Waals surface area contributed by atoms with Crippen LogP contribution in [0.25, 0.3) is 0 Å². The summed E-state index contributed by atoms with van der Waals surface area (Å²) in [6, 6.07) is 15.0. The molecule has 2 atom stereocenters. The van der Waals surface area contributed by atoms with Crippen LogP contribution in [-0.4, -0.2) is 46.1 Å². The number of benzene rings is 3. The Bertz CT molecular complexity index is 1460. The summed E-state index contributed by atoms with van der Waals surface area (Å²) >= 11 is 6.44. The van der Waals surface area contributed by atoms with Crippen molar-refractivity contribution in [2.45, 2.75) is 65.6 Å². The van der Waals surface area contributed by atoms with Crippen molar-refractivity contribution in [2.75, 3.05) is 11.9 Å². The van der Waals surface area contributed by atoms with Gasteiger partial charge in [0.05, 0.1) is 10.7 Å². The highest BCUT2D eigenvalue weighted by atomic mass is 35.5. The van der Waals surface area contributed by atoms with E-state index >= 15 is 0 Å². The van der Waals surface area contributed by atoms with Crippen molar-refractivity contribution in [3.8, 4) is 5.75 Å². The van der Waals surface area contributed by atoms with Crippen LogP contribution in [0.15, 0.2) is 73.3 Å². The Morgan fingerprint density at radius 2 is 1.67 bits per heavy atom. The number of ether oxygens (including phenoxy) is 1. The van der Waals surface area contributed by atoms with Crippen molar-refractivity contribution >= 4 is 35.2 Å². The molecule has 9 heteroatoms. The number of carbonyl (C=O) groups is 3. The first-order valence-corrected chi connectivity index (χ1v) is 14.4. The first-order chi connectivity index (χ1) is 20.2. The molecule has 0 aromatic heterocycles. The van der Waals surface area contributed by atoms with E-state index in [2.05, 4.69) is 17.2 Å². The minimum Gasteiger partial charge on any atom is -0.508 e. The molecule has 0 bridgehead atoms. The van der Waals surface area contributed by atoms with E-state index in [4.69, 9.17) is 16.3 Å². The van der Waals surface area contributed by atoms with Crippen LogP contribution in [-0.2, 0) is 20.7 Å². The van der Waals surface area contributed by atoms with Gasteiger partial charge in [-0.05, 0) is 87.6 Å². The normalized spacial score (nSPS) is 12.5. The zero-order valence-corrected chi connectivity index (χ0v) is 26.3. The lowest BCUT2D eigenvalue weighted by molar-refractivity contribution is -0.140. The predicted molar refractivity (Wildman–Crippen MR) is 170 cm³/mol. The fraction of sp³-hybridized carbons (Fsp3) is 0.324. The van der Waals surface area contributed by atoms with E-state index < -0.39 is 35.6 Å². The number of phenols is 1. The number of rotatable bonds is 10. The lowest BCUT2D eigenvalue weighted by Crippen LogP contribution is -2.53. The quantitative estimate of drug-likeness (QED) is 0.220. The third-order valence-corrected chi connectivity index (χ3v) is 7.17. The Morgan fingerprint density at radius 1 is 1.00 bits per heavy atom. The minimum atomic E-state index is -1.11. The second kappa shape index (κ2) is 14.2. The van der Waals surface area contributed by atoms with Gasteiger partial charge < -0.3 is 25.4 Å². The van der Waals surface area contributed by atoms with Crippen LogP contribution < -0.4 is 10.6 Å². The van der Waals surface area contributed by atoms with Gasteiger partial charge in [-0.2, -0.15) is 0 Å². The molecule has 0 radical (unpaired) electrons. The van der Waals surface area contributed by atoms with E-state index in [0.717, 1.165) is 16.7 Å². The van der Waals surface area contributed by atoms with Gasteiger partial charge in [0.15, 0.2) is 0 Å². The maximum absolute atomic E-state index is 14.4. The third kappa shape index (κ3) is 9.09. The Morgan fingerprint density at radius 3 is 2.26 bits per heavy atom. The Balaban J connectivity index is 2.10. The van der Waals surface area contributed by atoms with Crippen molar-refractivity contribution in [1.82, 2.24) is 10.2 Å². The summed E-state index contributed by atoms with van der Waals surface area (Å²) in [6.07, 6.45) is 0.837. The first kappa shape index (κ1) is 33.2. The molecule has 8 nitrogen and oxygen atoms in total. The molecular weight excluding hydrogens is 566 g/mol. The SMILES string of the molecule is C=CCN(C(=O)C(Cc1ccc(O)cc1)NC(=O)OC(C)(C)C)C(C(=O)Nc1c(C)cccc1Cl)c1ccc(C)c(C)c1. The van der Waals surface area contributed by atoms with Crippen LogP contribution in [0, 0.1) is 20.8 Å². The third-order valence-electron chi connectivity index (χ3n) is 6.85. The molecule has 3 aromatic carbocycles. The molecular formula is C34H40ClN3O5. The summed E-state index contributed by atoms with van der Waals surface area (Å²) in [5.74, 6) is -0.926. The number of halogens is 1. The average molecular weight is 606 g/mol. The van der Waals surface area contributed by atoms with Gasteiger partial charge in [-0.1, -0.05) is 60.1 Å². The molecule has 0 saturated heterocycles. The number of para-hydroxylation sites is 1. The van der Waals surface area contributed by atoms with Gasteiger partial charge in [-0.3, -0.25) is 9.59 Å². The lowest BCUT2D eigenvalue weighted by atomic mass is 9.97. The molecule has 3 aromatic rings. The zero-order chi connectivity index (χ0) is 31.9. The fourth-order valence-corrected chi connectivity index (χ4v) is 4.84. The summed E-state index contributed by atoms with van der Waals surface area (Å²) in [5.41, 5.74) is 3.66. The maximum atomic E-state index is 14.4. The van der Waals surface area contributed by atoms with Crippen molar-refractivity contribution in [3.05, 3.63) is 106 Å². The molecule has 228 valence electrons. The van der Waals surface area contributed by atoms with Gasteiger partial charge >= 0.3 is 6.09 Å². The number of phenolic OH excluding ortho intramolecular Hbond substituents is 1. The molecule has 0 aliphatic rings. The number of alkyl carbamates (subject to hydrolysis) is 1.